The highest BCUT2D eigenvalue weighted by molar-refractivity contribution is 9.11. The highest BCUT2D eigenvalue weighted by Gasteiger charge is 2.23. The van der Waals surface area contributed by atoms with Crippen molar-refractivity contribution in [2.45, 2.75) is 18.7 Å². The summed E-state index contributed by atoms with van der Waals surface area (Å²) < 4.78 is 31.1. The zero-order valence-electron chi connectivity index (χ0n) is 14.2. The van der Waals surface area contributed by atoms with Crippen molar-refractivity contribution in [2.24, 2.45) is 5.16 Å². The monoisotopic (exact) mass is 513 g/mol. The minimum Gasteiger partial charge on any atom is -0.377 e. The Hall–Kier alpha value is -1.97. The van der Waals surface area contributed by atoms with Crippen molar-refractivity contribution in [3.63, 3.8) is 0 Å². The summed E-state index contributed by atoms with van der Waals surface area (Å²) in [5.41, 5.74) is 2.37. The molecule has 0 fully saturated rings. The minimum absolute atomic E-state index is 0.0543. The molecule has 27 heavy (non-hydrogen) atoms. The van der Waals surface area contributed by atoms with Gasteiger partial charge in [0.15, 0.2) is 5.75 Å². The van der Waals surface area contributed by atoms with Gasteiger partial charge in [-0.2, -0.15) is 8.42 Å². The molecule has 6 nitrogen and oxygen atoms in total. The highest BCUT2D eigenvalue weighted by atomic mass is 79.9. The van der Waals surface area contributed by atoms with Crippen LogP contribution in [0, 0.1) is 6.92 Å². The van der Waals surface area contributed by atoms with Crippen molar-refractivity contribution in [3.8, 4) is 5.75 Å². The summed E-state index contributed by atoms with van der Waals surface area (Å²) in [5.74, 6) is -0.431. The first-order chi connectivity index (χ1) is 12.7. The third-order valence-corrected chi connectivity index (χ3v) is 6.12. The molecule has 140 valence electrons. The van der Waals surface area contributed by atoms with E-state index in [1.54, 1.807) is 37.3 Å². The molecule has 0 radical (unpaired) electrons. The fourth-order valence-corrected chi connectivity index (χ4v) is 4.85. The smallest absolute Gasteiger partial charge is 0.367 e. The lowest BCUT2D eigenvalue weighted by Gasteiger charge is -2.12. The van der Waals surface area contributed by atoms with Gasteiger partial charge in [0.05, 0.1) is 20.2 Å². The summed E-state index contributed by atoms with van der Waals surface area (Å²) in [4.78, 5) is 16.3. The molecule has 0 aliphatic carbocycles. The molecular weight excluding hydrogens is 502 g/mol. The summed E-state index contributed by atoms with van der Waals surface area (Å²) in [6, 6.07) is 9.63. The molecule has 1 heterocycles. The van der Waals surface area contributed by atoms with Crippen molar-refractivity contribution >= 4 is 59.7 Å². The second-order valence-electron chi connectivity index (χ2n) is 5.78. The van der Waals surface area contributed by atoms with Crippen LogP contribution < -0.4 is 4.18 Å². The Morgan fingerprint density at radius 2 is 1.67 bits per heavy atom. The van der Waals surface area contributed by atoms with E-state index in [1.165, 1.54) is 12.1 Å². The molecule has 3 rings (SSSR count). The lowest BCUT2D eigenvalue weighted by molar-refractivity contribution is -0.136. The van der Waals surface area contributed by atoms with E-state index in [-0.39, 0.29) is 10.6 Å². The van der Waals surface area contributed by atoms with Gasteiger partial charge in [-0.05, 0) is 81.6 Å². The Balaban J connectivity index is 1.94. The molecule has 0 saturated heterocycles. The van der Waals surface area contributed by atoms with Gasteiger partial charge in [-0.25, -0.2) is 4.79 Å². The summed E-state index contributed by atoms with van der Waals surface area (Å²) in [5, 5.41) is 3.62. The van der Waals surface area contributed by atoms with Gasteiger partial charge in [-0.1, -0.05) is 22.9 Å². The molecule has 0 atom stereocenters. The van der Waals surface area contributed by atoms with E-state index >= 15 is 0 Å². The van der Waals surface area contributed by atoms with Gasteiger partial charge in [-0.15, -0.1) is 0 Å². The fourth-order valence-electron chi connectivity index (χ4n) is 2.29. The van der Waals surface area contributed by atoms with E-state index < -0.39 is 16.1 Å². The number of aryl methyl sites for hydroxylation is 1. The number of benzene rings is 2. The number of carbonyl (C=O) groups is 1. The largest absolute Gasteiger partial charge is 0.377 e. The lowest BCUT2D eigenvalue weighted by atomic mass is 10.1. The van der Waals surface area contributed by atoms with Crippen LogP contribution in [-0.2, 0) is 19.8 Å². The molecule has 0 saturated carbocycles. The molecule has 0 bridgehead atoms. The molecule has 2 aromatic rings. The van der Waals surface area contributed by atoms with Crippen molar-refractivity contribution in [1.82, 2.24) is 0 Å². The topological polar surface area (TPSA) is 82.0 Å². The lowest BCUT2D eigenvalue weighted by Crippen LogP contribution is -2.10. The number of rotatable bonds is 4. The number of halogens is 2. The van der Waals surface area contributed by atoms with Crippen molar-refractivity contribution in [3.05, 3.63) is 62.0 Å². The van der Waals surface area contributed by atoms with Gasteiger partial charge in [0.25, 0.3) is 0 Å². The first-order valence-electron chi connectivity index (χ1n) is 7.65. The highest BCUT2D eigenvalue weighted by Crippen LogP contribution is 2.37. The van der Waals surface area contributed by atoms with Crippen molar-refractivity contribution in [2.75, 3.05) is 0 Å². The van der Waals surface area contributed by atoms with Gasteiger partial charge < -0.3 is 9.02 Å². The van der Waals surface area contributed by atoms with E-state index in [0.717, 1.165) is 5.56 Å². The second kappa shape index (κ2) is 7.57. The summed E-state index contributed by atoms with van der Waals surface area (Å²) in [6.45, 7) is 3.52. The average Bonchev–Trinajstić information content (AvgIpc) is 2.90. The first kappa shape index (κ1) is 19.8. The van der Waals surface area contributed by atoms with E-state index in [2.05, 4.69) is 41.9 Å². The van der Waals surface area contributed by atoms with Crippen LogP contribution in [0.2, 0.25) is 0 Å². The van der Waals surface area contributed by atoms with Crippen LogP contribution >= 0.6 is 31.9 Å². The molecule has 0 aromatic heterocycles. The second-order valence-corrected chi connectivity index (χ2v) is 9.03. The third kappa shape index (κ3) is 4.31. The van der Waals surface area contributed by atoms with Crippen LogP contribution in [0.3, 0.4) is 0 Å². The fraction of sp³-hybridized carbons (Fsp3) is 0.111. The maximum atomic E-state index is 12.5. The molecular formula is C18H13Br2NO5S. The van der Waals surface area contributed by atoms with Crippen LogP contribution in [-0.4, -0.2) is 20.1 Å². The molecule has 1 aliphatic rings. The molecule has 1 aliphatic heterocycles. The van der Waals surface area contributed by atoms with Gasteiger partial charge in [0.2, 0.25) is 0 Å². The molecule has 0 N–H and O–H groups in total. The first-order valence-corrected chi connectivity index (χ1v) is 10.6. The molecule has 0 spiro atoms. The van der Waals surface area contributed by atoms with Crippen molar-refractivity contribution in [1.29, 1.82) is 0 Å². The Morgan fingerprint density at radius 1 is 1.07 bits per heavy atom. The number of hydrogen-bond donors (Lipinski definition) is 0. The molecule has 0 unspecified atom stereocenters. The van der Waals surface area contributed by atoms with Gasteiger partial charge >= 0.3 is 16.1 Å². The predicted octanol–water partition coefficient (Wildman–Crippen LogP) is 4.60. The molecule has 9 heteroatoms. The Kier molecular flexibility index (Phi) is 5.55. The number of nitrogens with zero attached hydrogens (tertiary/aromatic N) is 1. The SMILES string of the molecule is CC1=NOC(=O)/C1=C\c1cc(Br)c(OS(=O)(=O)c2ccc(C)cc2)c(Br)c1. The van der Waals surface area contributed by atoms with Crippen LogP contribution in [0.5, 0.6) is 5.75 Å². The van der Waals surface area contributed by atoms with Gasteiger partial charge in [0, 0.05) is 0 Å². The van der Waals surface area contributed by atoms with E-state index in [1.807, 2.05) is 6.92 Å². The third-order valence-electron chi connectivity index (χ3n) is 3.71. The predicted molar refractivity (Wildman–Crippen MR) is 108 cm³/mol. The van der Waals surface area contributed by atoms with Crippen LogP contribution in [0.4, 0.5) is 0 Å². The minimum atomic E-state index is -4.00. The zero-order valence-corrected chi connectivity index (χ0v) is 18.2. The summed E-state index contributed by atoms with van der Waals surface area (Å²) in [7, 11) is -4.00. The maximum Gasteiger partial charge on any atom is 0.367 e. The maximum absolute atomic E-state index is 12.5. The Bertz CT molecular complexity index is 1070. The Morgan fingerprint density at radius 3 is 2.19 bits per heavy atom. The zero-order chi connectivity index (χ0) is 19.8. The Labute approximate surface area is 173 Å². The quantitative estimate of drug-likeness (QED) is 0.338. The van der Waals surface area contributed by atoms with Crippen LogP contribution in [0.25, 0.3) is 6.08 Å². The normalized spacial score (nSPS) is 15.6. The van der Waals surface area contributed by atoms with Gasteiger partial charge in [0.1, 0.15) is 4.90 Å². The standard InChI is InChI=1S/C18H13Br2NO5S/c1-10-3-5-13(6-4-10)27(23,24)26-17-15(19)8-12(9-16(17)20)7-14-11(2)21-25-18(14)22/h3-9H,1-2H3/b14-7-. The molecule has 0 amide bonds. The number of hydrogen-bond acceptors (Lipinski definition) is 6. The van der Waals surface area contributed by atoms with Crippen LogP contribution in [0.15, 0.2) is 61.0 Å². The molecule has 2 aromatic carbocycles. The van der Waals surface area contributed by atoms with E-state index in [4.69, 9.17) is 4.18 Å². The van der Waals surface area contributed by atoms with Crippen molar-refractivity contribution < 1.29 is 22.2 Å². The number of oxime groups is 1. The van der Waals surface area contributed by atoms with Crippen LogP contribution in [0.1, 0.15) is 18.1 Å². The summed E-state index contributed by atoms with van der Waals surface area (Å²) in [6.07, 6.45) is 1.60. The van der Waals surface area contributed by atoms with Gasteiger partial charge in [-0.3, -0.25) is 0 Å². The average molecular weight is 515 g/mol. The number of carbonyl (C=O) groups excluding carboxylic acids is 1. The summed E-state index contributed by atoms with van der Waals surface area (Å²) >= 11 is 6.64. The van der Waals surface area contributed by atoms with E-state index in [0.29, 0.717) is 25.8 Å². The van der Waals surface area contributed by atoms with E-state index in [9.17, 15) is 13.2 Å².